The molecule has 0 heterocycles. The fraction of sp³-hybridized carbons (Fsp3) is 0.467. The first kappa shape index (κ1) is 17.6. The van der Waals surface area contributed by atoms with Crippen molar-refractivity contribution in [3.63, 3.8) is 0 Å². The number of benzene rings is 1. The average molecular weight is 310 g/mol. The molecule has 122 valence electrons. The molecule has 4 N–H and O–H groups in total. The van der Waals surface area contributed by atoms with Gasteiger partial charge >= 0.3 is 12.1 Å². The molecule has 0 aliphatic carbocycles. The normalized spacial score (nSPS) is 12.4. The van der Waals surface area contributed by atoms with Gasteiger partial charge < -0.3 is 25.6 Å². The van der Waals surface area contributed by atoms with Crippen LogP contribution in [0.4, 0.5) is 10.5 Å². The Hall–Kier alpha value is -2.44. The van der Waals surface area contributed by atoms with Crippen LogP contribution in [-0.4, -0.2) is 35.4 Å². The van der Waals surface area contributed by atoms with Crippen molar-refractivity contribution in [3.8, 4) is 5.75 Å². The Bertz CT molecular complexity index is 551. The van der Waals surface area contributed by atoms with Gasteiger partial charge in [0.05, 0.1) is 5.69 Å². The molecule has 0 unspecified atom stereocenters. The van der Waals surface area contributed by atoms with Gasteiger partial charge in [-0.25, -0.2) is 9.59 Å². The first-order valence-electron chi connectivity index (χ1n) is 6.80. The van der Waals surface area contributed by atoms with Crippen LogP contribution >= 0.6 is 0 Å². The SMILES string of the molecule is Cc1ccc(N)c(OC[C@H](NC(=O)OC(C)(C)C)C(=O)O)c1. The number of carbonyl (C=O) groups is 2. The fourth-order valence-corrected chi connectivity index (χ4v) is 1.56. The van der Waals surface area contributed by atoms with Crippen LogP contribution in [0.2, 0.25) is 0 Å². The van der Waals surface area contributed by atoms with Crippen molar-refractivity contribution < 1.29 is 24.2 Å². The van der Waals surface area contributed by atoms with Gasteiger partial charge in [-0.05, 0) is 45.4 Å². The number of hydrogen-bond donors (Lipinski definition) is 3. The van der Waals surface area contributed by atoms with Crippen LogP contribution in [0.5, 0.6) is 5.75 Å². The van der Waals surface area contributed by atoms with Crippen LogP contribution in [0.3, 0.4) is 0 Å². The molecule has 1 aromatic rings. The molecule has 7 nitrogen and oxygen atoms in total. The van der Waals surface area contributed by atoms with Crippen molar-refractivity contribution in [3.05, 3.63) is 23.8 Å². The Morgan fingerprint density at radius 3 is 2.55 bits per heavy atom. The van der Waals surface area contributed by atoms with Crippen LogP contribution in [0.1, 0.15) is 26.3 Å². The maximum atomic E-state index is 11.6. The first-order chi connectivity index (χ1) is 10.1. The van der Waals surface area contributed by atoms with Gasteiger partial charge in [-0.2, -0.15) is 0 Å². The highest BCUT2D eigenvalue weighted by atomic mass is 16.6. The van der Waals surface area contributed by atoms with E-state index < -0.39 is 23.7 Å². The van der Waals surface area contributed by atoms with Gasteiger partial charge in [-0.15, -0.1) is 0 Å². The van der Waals surface area contributed by atoms with E-state index in [0.29, 0.717) is 11.4 Å². The number of nitrogens with one attached hydrogen (secondary N) is 1. The van der Waals surface area contributed by atoms with Crippen molar-refractivity contribution in [1.29, 1.82) is 0 Å². The smallest absolute Gasteiger partial charge is 0.408 e. The molecule has 0 aromatic heterocycles. The summed E-state index contributed by atoms with van der Waals surface area (Å²) in [4.78, 5) is 22.8. The summed E-state index contributed by atoms with van der Waals surface area (Å²) < 4.78 is 10.4. The molecule has 1 aromatic carbocycles. The summed E-state index contributed by atoms with van der Waals surface area (Å²) in [6.07, 6.45) is -0.819. The minimum Gasteiger partial charge on any atom is -0.489 e. The number of hydrogen-bond acceptors (Lipinski definition) is 5. The first-order valence-corrected chi connectivity index (χ1v) is 6.80. The quantitative estimate of drug-likeness (QED) is 0.717. The second-order valence-electron chi connectivity index (χ2n) is 5.89. The third-order valence-corrected chi connectivity index (χ3v) is 2.56. The van der Waals surface area contributed by atoms with Gasteiger partial charge in [-0.3, -0.25) is 0 Å². The van der Waals surface area contributed by atoms with Crippen molar-refractivity contribution in [2.75, 3.05) is 12.3 Å². The molecule has 1 amide bonds. The van der Waals surface area contributed by atoms with Gasteiger partial charge in [0.2, 0.25) is 0 Å². The number of amides is 1. The molecule has 0 fully saturated rings. The number of carboxylic acid groups (broad SMARTS) is 1. The van der Waals surface area contributed by atoms with Gasteiger partial charge in [0.25, 0.3) is 0 Å². The lowest BCUT2D eigenvalue weighted by molar-refractivity contribution is -0.140. The highest BCUT2D eigenvalue weighted by Gasteiger charge is 2.24. The zero-order chi connectivity index (χ0) is 16.9. The molecule has 0 aliphatic heterocycles. The van der Waals surface area contributed by atoms with Crippen molar-refractivity contribution in [1.82, 2.24) is 5.32 Å². The van der Waals surface area contributed by atoms with Crippen LogP contribution in [-0.2, 0) is 9.53 Å². The van der Waals surface area contributed by atoms with Crippen LogP contribution in [0.15, 0.2) is 18.2 Å². The van der Waals surface area contributed by atoms with Crippen molar-refractivity contribution in [2.45, 2.75) is 39.3 Å². The Morgan fingerprint density at radius 2 is 2.00 bits per heavy atom. The van der Waals surface area contributed by atoms with Crippen LogP contribution in [0.25, 0.3) is 0 Å². The Kier molecular flexibility index (Phi) is 5.62. The second kappa shape index (κ2) is 7.02. The molecule has 0 saturated heterocycles. The summed E-state index contributed by atoms with van der Waals surface area (Å²) >= 11 is 0. The summed E-state index contributed by atoms with van der Waals surface area (Å²) in [5.41, 5.74) is 6.36. The summed E-state index contributed by atoms with van der Waals surface area (Å²) in [5, 5.41) is 11.4. The third kappa shape index (κ3) is 5.90. The van der Waals surface area contributed by atoms with Crippen LogP contribution in [0, 0.1) is 6.92 Å². The van der Waals surface area contributed by atoms with E-state index in [1.165, 1.54) is 0 Å². The lowest BCUT2D eigenvalue weighted by Crippen LogP contribution is -2.46. The van der Waals surface area contributed by atoms with Gasteiger partial charge in [0.1, 0.15) is 18.0 Å². The molecule has 0 bridgehead atoms. The van der Waals surface area contributed by atoms with Gasteiger partial charge in [-0.1, -0.05) is 6.07 Å². The Morgan fingerprint density at radius 1 is 1.36 bits per heavy atom. The number of anilines is 1. The second-order valence-corrected chi connectivity index (χ2v) is 5.89. The van der Waals surface area contributed by atoms with E-state index in [1.54, 1.807) is 32.9 Å². The van der Waals surface area contributed by atoms with E-state index in [0.717, 1.165) is 5.56 Å². The van der Waals surface area contributed by atoms with Gasteiger partial charge in [0.15, 0.2) is 6.04 Å². The topological polar surface area (TPSA) is 111 Å². The molecule has 1 rings (SSSR count). The molecule has 0 aliphatic rings. The number of ether oxygens (including phenoxy) is 2. The standard InChI is InChI=1S/C15H22N2O5/c1-9-5-6-10(16)12(7-9)21-8-11(13(18)19)17-14(20)22-15(2,3)4/h5-7,11H,8,16H2,1-4H3,(H,17,20)(H,18,19)/t11-/m0/s1. The van der Waals surface area contributed by atoms with E-state index in [4.69, 9.17) is 20.3 Å². The van der Waals surface area contributed by atoms with E-state index in [2.05, 4.69) is 5.32 Å². The zero-order valence-electron chi connectivity index (χ0n) is 13.2. The van der Waals surface area contributed by atoms with E-state index >= 15 is 0 Å². The highest BCUT2D eigenvalue weighted by molar-refractivity contribution is 5.80. The number of rotatable bonds is 5. The van der Waals surface area contributed by atoms with E-state index in [9.17, 15) is 9.59 Å². The lowest BCUT2D eigenvalue weighted by atomic mass is 10.2. The number of carbonyl (C=O) groups excluding carboxylic acids is 1. The maximum Gasteiger partial charge on any atom is 0.408 e. The molecule has 22 heavy (non-hydrogen) atoms. The average Bonchev–Trinajstić information content (AvgIpc) is 2.35. The van der Waals surface area contributed by atoms with Crippen LogP contribution < -0.4 is 15.8 Å². The monoisotopic (exact) mass is 310 g/mol. The lowest BCUT2D eigenvalue weighted by Gasteiger charge is -2.22. The molecule has 0 spiro atoms. The highest BCUT2D eigenvalue weighted by Crippen LogP contribution is 2.22. The summed E-state index contributed by atoms with van der Waals surface area (Å²) in [5.74, 6) is -0.852. The fourth-order valence-electron chi connectivity index (χ4n) is 1.56. The number of nitrogens with two attached hydrogens (primary N) is 1. The summed E-state index contributed by atoms with van der Waals surface area (Å²) in [6.45, 7) is 6.66. The molecule has 1 atom stereocenters. The Labute approximate surface area is 129 Å². The molecule has 0 radical (unpaired) electrons. The zero-order valence-corrected chi connectivity index (χ0v) is 13.2. The molecule has 0 saturated carbocycles. The molecule has 7 heteroatoms. The predicted molar refractivity (Wildman–Crippen MR) is 81.9 cm³/mol. The minimum atomic E-state index is -1.24. The number of aliphatic carboxylic acids is 1. The van der Waals surface area contributed by atoms with Gasteiger partial charge in [0, 0.05) is 0 Å². The van der Waals surface area contributed by atoms with Crippen molar-refractivity contribution >= 4 is 17.7 Å². The van der Waals surface area contributed by atoms with E-state index in [-0.39, 0.29) is 6.61 Å². The number of alkyl carbamates (subject to hydrolysis) is 1. The summed E-state index contributed by atoms with van der Waals surface area (Å²) in [7, 11) is 0. The summed E-state index contributed by atoms with van der Waals surface area (Å²) in [6, 6.07) is 3.94. The largest absolute Gasteiger partial charge is 0.489 e. The number of aryl methyl sites for hydroxylation is 1. The number of nitrogen functional groups attached to an aromatic ring is 1. The maximum absolute atomic E-state index is 11.6. The molecular weight excluding hydrogens is 288 g/mol. The van der Waals surface area contributed by atoms with E-state index in [1.807, 2.05) is 13.0 Å². The molecular formula is C15H22N2O5. The Balaban J connectivity index is 2.67. The van der Waals surface area contributed by atoms with Crippen molar-refractivity contribution in [2.24, 2.45) is 0 Å². The predicted octanol–water partition coefficient (Wildman–Crippen LogP) is 1.93. The number of carboxylic acids is 1. The third-order valence-electron chi connectivity index (χ3n) is 2.56. The minimum absolute atomic E-state index is 0.262.